The van der Waals surface area contributed by atoms with Gasteiger partial charge in [0.05, 0.1) is 22.3 Å². The summed E-state index contributed by atoms with van der Waals surface area (Å²) >= 11 is 0.954. The van der Waals surface area contributed by atoms with Gasteiger partial charge in [0.25, 0.3) is 17.7 Å². The molecule has 0 radical (unpaired) electrons. The van der Waals surface area contributed by atoms with E-state index in [1.54, 1.807) is 24.3 Å². The molecule has 3 amide bonds. The molecule has 31 heavy (non-hydrogen) atoms. The summed E-state index contributed by atoms with van der Waals surface area (Å²) < 4.78 is 39.3. The number of halogens is 3. The molecule has 0 unspecified atom stereocenters. The second-order valence-electron chi connectivity index (χ2n) is 6.56. The van der Waals surface area contributed by atoms with Crippen molar-refractivity contribution in [1.82, 2.24) is 15.1 Å². The van der Waals surface area contributed by atoms with Crippen molar-refractivity contribution in [2.45, 2.75) is 12.6 Å². The van der Waals surface area contributed by atoms with Gasteiger partial charge in [0.15, 0.2) is 0 Å². The summed E-state index contributed by atoms with van der Waals surface area (Å²) in [7, 11) is 0. The summed E-state index contributed by atoms with van der Waals surface area (Å²) in [6.07, 6.45) is -4.48. The van der Waals surface area contributed by atoms with E-state index in [-0.39, 0.29) is 18.1 Å². The van der Waals surface area contributed by atoms with Gasteiger partial charge in [-0.3, -0.25) is 24.6 Å². The van der Waals surface area contributed by atoms with Gasteiger partial charge in [0, 0.05) is 13.0 Å². The van der Waals surface area contributed by atoms with Gasteiger partial charge in [0.1, 0.15) is 5.01 Å². The van der Waals surface area contributed by atoms with Gasteiger partial charge in [-0.25, -0.2) is 0 Å². The highest BCUT2D eigenvalue weighted by molar-refractivity contribution is 7.15. The standard InChI is InChI=1S/C20H13F3N4O3S/c21-20(22,23)14-8-4-3-7-13(14)16(28)24-19-26-25-15(31-19)9-10-27-17(29)11-5-1-2-6-12(11)18(27)30/h1-8H,9-10H2,(H,24,26,28). The van der Waals surface area contributed by atoms with Crippen molar-refractivity contribution in [1.29, 1.82) is 0 Å². The Balaban J connectivity index is 1.42. The third kappa shape index (κ3) is 4.04. The van der Waals surface area contributed by atoms with Gasteiger partial charge in [0.2, 0.25) is 5.13 Å². The highest BCUT2D eigenvalue weighted by Crippen LogP contribution is 2.32. The number of aromatic nitrogens is 2. The van der Waals surface area contributed by atoms with Gasteiger partial charge in [-0.1, -0.05) is 35.6 Å². The molecule has 1 N–H and O–H groups in total. The average molecular weight is 446 g/mol. The Morgan fingerprint density at radius 2 is 1.58 bits per heavy atom. The quantitative estimate of drug-likeness (QED) is 0.604. The second-order valence-corrected chi connectivity index (χ2v) is 7.62. The molecule has 0 saturated heterocycles. The fourth-order valence-electron chi connectivity index (χ4n) is 3.15. The summed E-state index contributed by atoms with van der Waals surface area (Å²) in [6, 6.07) is 10.9. The topological polar surface area (TPSA) is 92.3 Å². The van der Waals surface area contributed by atoms with Crippen molar-refractivity contribution in [3.63, 3.8) is 0 Å². The molecule has 1 aliphatic rings. The van der Waals surface area contributed by atoms with Crippen molar-refractivity contribution in [3.8, 4) is 0 Å². The van der Waals surface area contributed by atoms with E-state index in [1.807, 2.05) is 0 Å². The number of hydrogen-bond donors (Lipinski definition) is 1. The lowest BCUT2D eigenvalue weighted by molar-refractivity contribution is -0.137. The van der Waals surface area contributed by atoms with Crippen molar-refractivity contribution in [2.75, 3.05) is 11.9 Å². The molecule has 0 atom stereocenters. The monoisotopic (exact) mass is 446 g/mol. The van der Waals surface area contributed by atoms with Crippen molar-refractivity contribution in [3.05, 3.63) is 75.8 Å². The molecule has 7 nitrogen and oxygen atoms in total. The number of nitrogens with zero attached hydrogens (tertiary/aromatic N) is 3. The highest BCUT2D eigenvalue weighted by atomic mass is 32.1. The Labute approximate surface area is 177 Å². The minimum atomic E-state index is -4.67. The first kappa shape index (κ1) is 20.7. The van der Waals surface area contributed by atoms with Gasteiger partial charge < -0.3 is 0 Å². The summed E-state index contributed by atoms with van der Waals surface area (Å²) in [4.78, 5) is 38.1. The predicted molar refractivity (Wildman–Crippen MR) is 105 cm³/mol. The number of rotatable bonds is 5. The maximum absolute atomic E-state index is 13.1. The van der Waals surface area contributed by atoms with E-state index in [0.717, 1.165) is 28.4 Å². The molecule has 158 valence electrons. The Morgan fingerprint density at radius 1 is 0.968 bits per heavy atom. The molecule has 4 rings (SSSR count). The van der Waals surface area contributed by atoms with Crippen LogP contribution >= 0.6 is 11.3 Å². The van der Waals surface area contributed by atoms with E-state index >= 15 is 0 Å². The smallest absolute Gasteiger partial charge is 0.296 e. The van der Waals surface area contributed by atoms with E-state index in [4.69, 9.17) is 0 Å². The van der Waals surface area contributed by atoms with E-state index < -0.39 is 35.0 Å². The lowest BCUT2D eigenvalue weighted by Crippen LogP contribution is -2.31. The lowest BCUT2D eigenvalue weighted by atomic mass is 10.1. The molecule has 0 fully saturated rings. The zero-order valence-electron chi connectivity index (χ0n) is 15.6. The van der Waals surface area contributed by atoms with Gasteiger partial charge in [-0.05, 0) is 24.3 Å². The Morgan fingerprint density at radius 3 is 2.23 bits per heavy atom. The zero-order valence-corrected chi connectivity index (χ0v) is 16.5. The molecule has 2 aromatic carbocycles. The highest BCUT2D eigenvalue weighted by Gasteiger charge is 2.36. The van der Waals surface area contributed by atoms with Crippen LogP contribution in [0.1, 0.15) is 41.6 Å². The second kappa shape index (κ2) is 7.91. The fraction of sp³-hybridized carbons (Fsp3) is 0.150. The third-order valence-electron chi connectivity index (χ3n) is 4.59. The molecule has 11 heteroatoms. The van der Waals surface area contributed by atoms with Crippen molar-refractivity contribution in [2.24, 2.45) is 0 Å². The predicted octanol–water partition coefficient (Wildman–Crippen LogP) is 3.65. The number of imide groups is 1. The van der Waals surface area contributed by atoms with Crippen LogP contribution in [0.4, 0.5) is 18.3 Å². The molecule has 0 spiro atoms. The van der Waals surface area contributed by atoms with Gasteiger partial charge in [-0.2, -0.15) is 13.2 Å². The molecule has 0 aliphatic carbocycles. The number of fused-ring (bicyclic) bond motifs is 1. The lowest BCUT2D eigenvalue weighted by Gasteiger charge is -2.12. The van der Waals surface area contributed by atoms with E-state index in [9.17, 15) is 27.6 Å². The molecule has 3 aromatic rings. The van der Waals surface area contributed by atoms with Gasteiger partial charge >= 0.3 is 6.18 Å². The van der Waals surface area contributed by atoms with Crippen LogP contribution in [0.25, 0.3) is 0 Å². The van der Waals surface area contributed by atoms with E-state index in [0.29, 0.717) is 16.1 Å². The Bertz CT molecular complexity index is 1160. The largest absolute Gasteiger partial charge is 0.417 e. The molecular formula is C20H13F3N4O3S. The van der Waals surface area contributed by atoms with Crippen LogP contribution in [0.5, 0.6) is 0 Å². The Kier molecular flexibility index (Phi) is 5.27. The number of nitrogens with one attached hydrogen (secondary N) is 1. The molecule has 1 aliphatic heterocycles. The first-order chi connectivity index (χ1) is 14.8. The number of carbonyl (C=O) groups is 3. The number of anilines is 1. The Hall–Kier alpha value is -3.60. The van der Waals surface area contributed by atoms with Crippen molar-refractivity contribution < 1.29 is 27.6 Å². The zero-order chi connectivity index (χ0) is 22.2. The van der Waals surface area contributed by atoms with Crippen LogP contribution in [0.3, 0.4) is 0 Å². The molecular weight excluding hydrogens is 433 g/mol. The maximum Gasteiger partial charge on any atom is 0.417 e. The summed E-state index contributed by atoms with van der Waals surface area (Å²) in [6.45, 7) is 0.0613. The number of carbonyl (C=O) groups excluding carboxylic acids is 3. The normalized spacial score (nSPS) is 13.5. The first-order valence-corrected chi connectivity index (χ1v) is 9.82. The fourth-order valence-corrected chi connectivity index (χ4v) is 3.87. The summed E-state index contributed by atoms with van der Waals surface area (Å²) in [5.41, 5.74) is -0.914. The minimum absolute atomic E-state index is 0.0133. The first-order valence-electron chi connectivity index (χ1n) is 9.01. The van der Waals surface area contributed by atoms with E-state index in [1.165, 1.54) is 12.1 Å². The SMILES string of the molecule is O=C(Nc1nnc(CCN2C(=O)c3ccccc3C2=O)s1)c1ccccc1C(F)(F)F. The summed E-state index contributed by atoms with van der Waals surface area (Å²) in [5.74, 6) is -1.76. The summed E-state index contributed by atoms with van der Waals surface area (Å²) in [5, 5.41) is 10.4. The third-order valence-corrected chi connectivity index (χ3v) is 5.49. The van der Waals surface area contributed by atoms with Crippen LogP contribution < -0.4 is 5.32 Å². The van der Waals surface area contributed by atoms with Crippen LogP contribution in [0, 0.1) is 0 Å². The molecule has 2 heterocycles. The number of hydrogen-bond acceptors (Lipinski definition) is 6. The van der Waals surface area contributed by atoms with Crippen molar-refractivity contribution >= 4 is 34.2 Å². The number of amides is 3. The van der Waals surface area contributed by atoms with Crippen LogP contribution in [0.15, 0.2) is 48.5 Å². The van der Waals surface area contributed by atoms with Crippen LogP contribution in [-0.4, -0.2) is 39.4 Å². The number of alkyl halides is 3. The van der Waals surface area contributed by atoms with E-state index in [2.05, 4.69) is 15.5 Å². The average Bonchev–Trinajstić information content (AvgIpc) is 3.29. The van der Waals surface area contributed by atoms with Crippen LogP contribution in [-0.2, 0) is 12.6 Å². The molecule has 1 aromatic heterocycles. The van der Waals surface area contributed by atoms with Crippen LogP contribution in [0.2, 0.25) is 0 Å². The minimum Gasteiger partial charge on any atom is -0.296 e. The maximum atomic E-state index is 13.1. The molecule has 0 saturated carbocycles. The number of benzene rings is 2. The molecule has 0 bridgehead atoms. The van der Waals surface area contributed by atoms with Gasteiger partial charge in [-0.15, -0.1) is 10.2 Å².